The standard InChI is InChI=1S/C13H24ClN3O/c1-6-11-13(14)12(17(4)16-11)8-10(15-3)7-9(2)18-5/h9-10,15H,6-8H2,1-5H3. The van der Waals surface area contributed by atoms with E-state index in [9.17, 15) is 0 Å². The number of nitrogens with zero attached hydrogens (tertiary/aromatic N) is 2. The van der Waals surface area contributed by atoms with Crippen molar-refractivity contribution in [2.45, 2.75) is 45.3 Å². The average Bonchev–Trinajstić information content (AvgIpc) is 2.64. The summed E-state index contributed by atoms with van der Waals surface area (Å²) in [6.07, 6.45) is 2.92. The van der Waals surface area contributed by atoms with Crippen LogP contribution in [0.3, 0.4) is 0 Å². The van der Waals surface area contributed by atoms with Crippen LogP contribution in [0.2, 0.25) is 5.02 Å². The van der Waals surface area contributed by atoms with Crippen molar-refractivity contribution in [3.05, 3.63) is 16.4 Å². The van der Waals surface area contributed by atoms with Gasteiger partial charge in [0.2, 0.25) is 0 Å². The van der Waals surface area contributed by atoms with E-state index in [4.69, 9.17) is 16.3 Å². The molecule has 2 unspecified atom stereocenters. The van der Waals surface area contributed by atoms with Gasteiger partial charge in [-0.1, -0.05) is 18.5 Å². The van der Waals surface area contributed by atoms with Gasteiger partial charge in [-0.05, 0) is 26.8 Å². The molecule has 0 radical (unpaired) electrons. The lowest BCUT2D eigenvalue weighted by Gasteiger charge is -2.20. The number of aryl methyl sites for hydroxylation is 2. The van der Waals surface area contributed by atoms with E-state index in [-0.39, 0.29) is 6.10 Å². The fourth-order valence-corrected chi connectivity index (χ4v) is 2.45. The van der Waals surface area contributed by atoms with Gasteiger partial charge in [0.05, 0.1) is 22.5 Å². The number of hydrogen-bond donors (Lipinski definition) is 1. The first-order valence-corrected chi connectivity index (χ1v) is 6.81. The van der Waals surface area contributed by atoms with Crippen molar-refractivity contribution in [2.24, 2.45) is 7.05 Å². The summed E-state index contributed by atoms with van der Waals surface area (Å²) in [7, 11) is 5.66. The SMILES string of the molecule is CCc1nn(C)c(CC(CC(C)OC)NC)c1Cl. The number of likely N-dealkylation sites (N-methyl/N-ethyl adjacent to an activating group) is 1. The highest BCUT2D eigenvalue weighted by atomic mass is 35.5. The molecule has 0 saturated carbocycles. The van der Waals surface area contributed by atoms with Crippen molar-refractivity contribution < 1.29 is 4.74 Å². The second kappa shape index (κ2) is 7.12. The molecular weight excluding hydrogens is 250 g/mol. The van der Waals surface area contributed by atoms with E-state index in [0.717, 1.165) is 35.7 Å². The van der Waals surface area contributed by atoms with Gasteiger partial charge >= 0.3 is 0 Å². The topological polar surface area (TPSA) is 39.1 Å². The number of aromatic nitrogens is 2. The Morgan fingerprint density at radius 3 is 2.61 bits per heavy atom. The van der Waals surface area contributed by atoms with E-state index in [1.807, 2.05) is 18.8 Å². The molecule has 0 spiro atoms. The Morgan fingerprint density at radius 2 is 2.17 bits per heavy atom. The predicted molar refractivity (Wildman–Crippen MR) is 75.2 cm³/mol. The molecule has 104 valence electrons. The van der Waals surface area contributed by atoms with Crippen molar-refractivity contribution in [3.63, 3.8) is 0 Å². The third-order valence-corrected chi connectivity index (χ3v) is 3.81. The van der Waals surface area contributed by atoms with Gasteiger partial charge in [-0.2, -0.15) is 5.10 Å². The minimum Gasteiger partial charge on any atom is -0.382 e. The minimum absolute atomic E-state index is 0.236. The van der Waals surface area contributed by atoms with Gasteiger partial charge in [0.15, 0.2) is 0 Å². The Balaban J connectivity index is 2.78. The maximum atomic E-state index is 6.36. The van der Waals surface area contributed by atoms with Gasteiger partial charge in [-0.15, -0.1) is 0 Å². The smallest absolute Gasteiger partial charge is 0.0850 e. The summed E-state index contributed by atoms with van der Waals surface area (Å²) in [6, 6.07) is 0.345. The molecule has 2 atom stereocenters. The molecule has 1 aromatic rings. The molecule has 1 rings (SSSR count). The van der Waals surface area contributed by atoms with E-state index >= 15 is 0 Å². The quantitative estimate of drug-likeness (QED) is 0.828. The number of nitrogens with one attached hydrogen (secondary N) is 1. The van der Waals surface area contributed by atoms with Gasteiger partial charge in [0.25, 0.3) is 0 Å². The lowest BCUT2D eigenvalue weighted by atomic mass is 10.0. The molecule has 5 heteroatoms. The zero-order valence-corrected chi connectivity index (χ0v) is 12.7. The molecule has 0 aliphatic carbocycles. The summed E-state index contributed by atoms with van der Waals surface area (Å²) < 4.78 is 7.20. The van der Waals surface area contributed by atoms with Crippen molar-refractivity contribution in [2.75, 3.05) is 14.2 Å². The summed E-state index contributed by atoms with van der Waals surface area (Å²) in [6.45, 7) is 4.15. The first-order chi connectivity index (χ1) is 8.53. The second-order valence-electron chi connectivity index (χ2n) is 4.66. The molecular formula is C13H24ClN3O. The molecule has 0 aliphatic rings. The zero-order chi connectivity index (χ0) is 13.7. The van der Waals surface area contributed by atoms with E-state index in [1.54, 1.807) is 7.11 Å². The molecule has 0 aromatic carbocycles. The first-order valence-electron chi connectivity index (χ1n) is 6.43. The van der Waals surface area contributed by atoms with Crippen LogP contribution in [0, 0.1) is 0 Å². The maximum Gasteiger partial charge on any atom is 0.0850 e. The van der Waals surface area contributed by atoms with Crippen LogP contribution >= 0.6 is 11.6 Å². The summed E-state index contributed by atoms with van der Waals surface area (Å²) >= 11 is 6.36. The maximum absolute atomic E-state index is 6.36. The monoisotopic (exact) mass is 273 g/mol. The first kappa shape index (κ1) is 15.5. The summed E-state index contributed by atoms with van der Waals surface area (Å²) in [5.74, 6) is 0. The molecule has 0 aliphatic heterocycles. The van der Waals surface area contributed by atoms with Crippen molar-refractivity contribution in [1.82, 2.24) is 15.1 Å². The summed E-state index contributed by atoms with van der Waals surface area (Å²) in [5.41, 5.74) is 2.07. The number of methoxy groups -OCH3 is 1. The lowest BCUT2D eigenvalue weighted by molar-refractivity contribution is 0.101. The molecule has 4 nitrogen and oxygen atoms in total. The predicted octanol–water partition coefficient (Wildman–Crippen LogP) is 2.19. The van der Waals surface area contributed by atoms with E-state index in [1.165, 1.54) is 0 Å². The van der Waals surface area contributed by atoms with Crippen LogP contribution in [0.1, 0.15) is 31.7 Å². The fourth-order valence-electron chi connectivity index (χ4n) is 2.08. The van der Waals surface area contributed by atoms with E-state index in [0.29, 0.717) is 6.04 Å². The molecule has 0 bridgehead atoms. The molecule has 0 fully saturated rings. The third kappa shape index (κ3) is 3.70. The fraction of sp³-hybridized carbons (Fsp3) is 0.769. The van der Waals surface area contributed by atoms with Crippen LogP contribution in [0.4, 0.5) is 0 Å². The van der Waals surface area contributed by atoms with Crippen LogP contribution in [0.25, 0.3) is 0 Å². The van der Waals surface area contributed by atoms with Crippen molar-refractivity contribution in [3.8, 4) is 0 Å². The summed E-state index contributed by atoms with van der Waals surface area (Å²) in [4.78, 5) is 0. The molecule has 0 amide bonds. The molecule has 0 saturated heterocycles. The Morgan fingerprint density at radius 1 is 1.50 bits per heavy atom. The zero-order valence-electron chi connectivity index (χ0n) is 12.0. The Kier molecular flexibility index (Phi) is 6.12. The molecule has 1 N–H and O–H groups in total. The molecule has 1 heterocycles. The lowest BCUT2D eigenvalue weighted by Crippen LogP contribution is -2.32. The van der Waals surface area contributed by atoms with Gasteiger partial charge < -0.3 is 10.1 Å². The van der Waals surface area contributed by atoms with Gasteiger partial charge in [-0.25, -0.2) is 0 Å². The average molecular weight is 274 g/mol. The highest BCUT2D eigenvalue weighted by Gasteiger charge is 2.18. The van der Waals surface area contributed by atoms with Crippen molar-refractivity contribution >= 4 is 11.6 Å². The Labute approximate surface area is 115 Å². The van der Waals surface area contributed by atoms with Crippen molar-refractivity contribution in [1.29, 1.82) is 0 Å². The molecule has 18 heavy (non-hydrogen) atoms. The Hall–Kier alpha value is -0.580. The van der Waals surface area contributed by atoms with Gasteiger partial charge in [0.1, 0.15) is 0 Å². The second-order valence-corrected chi connectivity index (χ2v) is 5.03. The number of ether oxygens (including phenoxy) is 1. The van der Waals surface area contributed by atoms with E-state index in [2.05, 4.69) is 24.3 Å². The minimum atomic E-state index is 0.236. The number of hydrogen-bond acceptors (Lipinski definition) is 3. The van der Waals surface area contributed by atoms with Gasteiger partial charge in [-0.3, -0.25) is 4.68 Å². The van der Waals surface area contributed by atoms with Crippen LogP contribution in [0.15, 0.2) is 0 Å². The van der Waals surface area contributed by atoms with Gasteiger partial charge in [0, 0.05) is 26.6 Å². The largest absolute Gasteiger partial charge is 0.382 e. The van der Waals surface area contributed by atoms with Crippen LogP contribution in [-0.2, 0) is 24.6 Å². The number of halogens is 1. The van der Waals surface area contributed by atoms with Crippen LogP contribution in [-0.4, -0.2) is 36.1 Å². The highest BCUT2D eigenvalue weighted by Crippen LogP contribution is 2.22. The van der Waals surface area contributed by atoms with Crippen LogP contribution < -0.4 is 5.32 Å². The molecule has 1 aromatic heterocycles. The normalized spacial score (nSPS) is 14.8. The van der Waals surface area contributed by atoms with E-state index < -0.39 is 0 Å². The van der Waals surface area contributed by atoms with Crippen LogP contribution in [0.5, 0.6) is 0 Å². The number of rotatable bonds is 7. The summed E-state index contributed by atoms with van der Waals surface area (Å²) in [5, 5.41) is 8.57. The highest BCUT2D eigenvalue weighted by molar-refractivity contribution is 6.31. The third-order valence-electron chi connectivity index (χ3n) is 3.37. The Bertz CT molecular complexity index is 379.